The number of hydrogen-bond donors (Lipinski definition) is 2. The van der Waals surface area contributed by atoms with Gasteiger partial charge in [-0.2, -0.15) is 0 Å². The quantitative estimate of drug-likeness (QED) is 0.614. The SMILES string of the molecule is O=C(CCNCCc1c[nH]c2ccccc12)N1CCN(c2ncccn2)CC1. The summed E-state index contributed by atoms with van der Waals surface area (Å²) in [7, 11) is 0. The number of anilines is 1. The van der Waals surface area contributed by atoms with Crippen LogP contribution in [0.15, 0.2) is 48.9 Å². The number of amides is 1. The first-order valence-electron chi connectivity index (χ1n) is 9.87. The van der Waals surface area contributed by atoms with Gasteiger partial charge in [0.05, 0.1) is 0 Å². The van der Waals surface area contributed by atoms with Crippen molar-refractivity contribution in [1.82, 2.24) is 25.2 Å². The van der Waals surface area contributed by atoms with Gasteiger partial charge in [-0.15, -0.1) is 0 Å². The fraction of sp³-hybridized carbons (Fsp3) is 0.381. The van der Waals surface area contributed by atoms with Crippen LogP contribution in [0.2, 0.25) is 0 Å². The zero-order valence-electron chi connectivity index (χ0n) is 16.0. The van der Waals surface area contributed by atoms with E-state index in [1.807, 2.05) is 17.0 Å². The lowest BCUT2D eigenvalue weighted by atomic mass is 10.1. The number of hydrogen-bond acceptors (Lipinski definition) is 5. The molecule has 0 radical (unpaired) electrons. The Labute approximate surface area is 164 Å². The first-order valence-corrected chi connectivity index (χ1v) is 9.87. The van der Waals surface area contributed by atoms with Crippen LogP contribution in [0.1, 0.15) is 12.0 Å². The lowest BCUT2D eigenvalue weighted by Crippen LogP contribution is -2.49. The molecule has 28 heavy (non-hydrogen) atoms. The standard InChI is InChI=1S/C21H26N6O/c28-20(26-12-14-27(15-13-26)21-23-8-3-9-24-21)7-11-22-10-6-17-16-25-19-5-2-1-4-18(17)19/h1-5,8-9,16,22,25H,6-7,10-15H2. The van der Waals surface area contributed by atoms with Crippen LogP contribution in [0.3, 0.4) is 0 Å². The second kappa shape index (κ2) is 8.84. The van der Waals surface area contributed by atoms with Crippen LogP contribution in [0.4, 0.5) is 5.95 Å². The molecule has 1 aromatic carbocycles. The fourth-order valence-electron chi connectivity index (χ4n) is 3.65. The van der Waals surface area contributed by atoms with E-state index in [0.29, 0.717) is 13.0 Å². The molecule has 0 unspecified atom stereocenters. The van der Waals surface area contributed by atoms with Crippen LogP contribution in [-0.4, -0.2) is 65.0 Å². The molecular formula is C21H26N6O. The zero-order chi connectivity index (χ0) is 19.2. The molecular weight excluding hydrogens is 352 g/mol. The second-order valence-corrected chi connectivity index (χ2v) is 7.03. The number of carbonyl (C=O) groups excluding carboxylic acids is 1. The minimum atomic E-state index is 0.216. The molecule has 7 nitrogen and oxygen atoms in total. The summed E-state index contributed by atoms with van der Waals surface area (Å²) in [5.41, 5.74) is 2.49. The van der Waals surface area contributed by atoms with Crippen LogP contribution < -0.4 is 10.2 Å². The normalized spacial score (nSPS) is 14.6. The fourth-order valence-corrected chi connectivity index (χ4v) is 3.65. The van der Waals surface area contributed by atoms with E-state index in [2.05, 4.69) is 49.6 Å². The number of nitrogens with one attached hydrogen (secondary N) is 2. The van der Waals surface area contributed by atoms with Gasteiger partial charge in [-0.1, -0.05) is 18.2 Å². The summed E-state index contributed by atoms with van der Waals surface area (Å²) < 4.78 is 0. The molecule has 0 bridgehead atoms. The molecule has 0 spiro atoms. The molecule has 3 heterocycles. The number of para-hydroxylation sites is 1. The van der Waals surface area contributed by atoms with Crippen molar-refractivity contribution < 1.29 is 4.79 Å². The van der Waals surface area contributed by atoms with Crippen molar-refractivity contribution in [3.05, 3.63) is 54.5 Å². The summed E-state index contributed by atoms with van der Waals surface area (Å²) in [5, 5.41) is 4.68. The van der Waals surface area contributed by atoms with Crippen LogP contribution in [0.25, 0.3) is 10.9 Å². The highest BCUT2D eigenvalue weighted by molar-refractivity contribution is 5.83. The molecule has 4 rings (SSSR count). The lowest BCUT2D eigenvalue weighted by molar-refractivity contribution is -0.131. The Morgan fingerprint density at radius 2 is 1.82 bits per heavy atom. The number of fused-ring (bicyclic) bond motifs is 1. The van der Waals surface area contributed by atoms with Gasteiger partial charge >= 0.3 is 0 Å². The minimum Gasteiger partial charge on any atom is -0.361 e. The van der Waals surface area contributed by atoms with E-state index in [0.717, 1.165) is 45.1 Å². The van der Waals surface area contributed by atoms with Crippen molar-refractivity contribution in [2.45, 2.75) is 12.8 Å². The minimum absolute atomic E-state index is 0.216. The van der Waals surface area contributed by atoms with E-state index in [1.165, 1.54) is 16.5 Å². The Morgan fingerprint density at radius 3 is 2.64 bits per heavy atom. The van der Waals surface area contributed by atoms with Gasteiger partial charge in [-0.3, -0.25) is 4.79 Å². The molecule has 0 saturated carbocycles. The molecule has 1 saturated heterocycles. The summed E-state index contributed by atoms with van der Waals surface area (Å²) in [5.74, 6) is 0.960. The van der Waals surface area contributed by atoms with E-state index in [4.69, 9.17) is 0 Å². The summed E-state index contributed by atoms with van der Waals surface area (Å²) in [6.45, 7) is 4.60. The number of benzene rings is 1. The second-order valence-electron chi connectivity index (χ2n) is 7.03. The van der Waals surface area contributed by atoms with Gasteiger partial charge in [0.25, 0.3) is 0 Å². The van der Waals surface area contributed by atoms with Crippen LogP contribution in [0.5, 0.6) is 0 Å². The molecule has 2 N–H and O–H groups in total. The summed E-state index contributed by atoms with van der Waals surface area (Å²) in [6, 6.07) is 10.2. The van der Waals surface area contributed by atoms with Gasteiger partial charge in [0, 0.05) is 68.6 Å². The average molecular weight is 378 g/mol. The van der Waals surface area contributed by atoms with E-state index in [9.17, 15) is 4.79 Å². The predicted molar refractivity (Wildman–Crippen MR) is 110 cm³/mol. The third-order valence-corrected chi connectivity index (χ3v) is 5.23. The molecule has 3 aromatic rings. The Hall–Kier alpha value is -2.93. The molecule has 2 aromatic heterocycles. The highest BCUT2D eigenvalue weighted by Gasteiger charge is 2.21. The first kappa shape index (κ1) is 18.4. The van der Waals surface area contributed by atoms with Crippen LogP contribution in [-0.2, 0) is 11.2 Å². The monoisotopic (exact) mass is 378 g/mol. The molecule has 146 valence electrons. The first-order chi connectivity index (χ1) is 13.8. The van der Waals surface area contributed by atoms with Gasteiger partial charge < -0.3 is 20.1 Å². The Balaban J connectivity index is 1.15. The summed E-state index contributed by atoms with van der Waals surface area (Å²) >= 11 is 0. The number of piperazine rings is 1. The van der Waals surface area contributed by atoms with E-state index >= 15 is 0 Å². The lowest BCUT2D eigenvalue weighted by Gasteiger charge is -2.34. The molecule has 7 heteroatoms. The number of aromatic nitrogens is 3. The highest BCUT2D eigenvalue weighted by Crippen LogP contribution is 2.17. The topological polar surface area (TPSA) is 77.2 Å². The molecule has 1 fully saturated rings. The third-order valence-electron chi connectivity index (χ3n) is 5.23. The van der Waals surface area contributed by atoms with Crippen molar-refractivity contribution >= 4 is 22.8 Å². The van der Waals surface area contributed by atoms with Gasteiger partial charge in [-0.25, -0.2) is 9.97 Å². The molecule has 1 amide bonds. The van der Waals surface area contributed by atoms with Gasteiger partial charge in [0.15, 0.2) is 0 Å². The Bertz CT molecular complexity index is 901. The van der Waals surface area contributed by atoms with Gasteiger partial charge in [0.1, 0.15) is 0 Å². The number of nitrogens with zero attached hydrogens (tertiary/aromatic N) is 4. The van der Waals surface area contributed by atoms with E-state index < -0.39 is 0 Å². The van der Waals surface area contributed by atoms with Crippen molar-refractivity contribution in [3.8, 4) is 0 Å². The van der Waals surface area contributed by atoms with Crippen molar-refractivity contribution in [2.75, 3.05) is 44.2 Å². The Kier molecular flexibility index (Phi) is 5.82. The summed E-state index contributed by atoms with van der Waals surface area (Å²) in [4.78, 5) is 28.4. The summed E-state index contributed by atoms with van der Waals surface area (Å²) in [6.07, 6.45) is 7.07. The number of rotatable bonds is 7. The zero-order valence-corrected chi connectivity index (χ0v) is 16.0. The molecule has 1 aliphatic heterocycles. The maximum atomic E-state index is 12.4. The highest BCUT2D eigenvalue weighted by atomic mass is 16.2. The molecule has 0 atom stereocenters. The Morgan fingerprint density at radius 1 is 1.04 bits per heavy atom. The average Bonchev–Trinajstić information content (AvgIpc) is 3.17. The number of H-pyrrole nitrogens is 1. The molecule has 1 aliphatic rings. The number of carbonyl (C=O) groups is 1. The van der Waals surface area contributed by atoms with Crippen molar-refractivity contribution in [3.63, 3.8) is 0 Å². The van der Waals surface area contributed by atoms with Gasteiger partial charge in [-0.05, 0) is 30.7 Å². The van der Waals surface area contributed by atoms with Gasteiger partial charge in [0.2, 0.25) is 11.9 Å². The maximum absolute atomic E-state index is 12.4. The largest absolute Gasteiger partial charge is 0.361 e. The van der Waals surface area contributed by atoms with Crippen LogP contribution in [0, 0.1) is 0 Å². The van der Waals surface area contributed by atoms with Crippen molar-refractivity contribution in [2.24, 2.45) is 0 Å². The molecule has 0 aliphatic carbocycles. The van der Waals surface area contributed by atoms with E-state index in [-0.39, 0.29) is 5.91 Å². The van der Waals surface area contributed by atoms with Crippen LogP contribution >= 0.6 is 0 Å². The van der Waals surface area contributed by atoms with E-state index in [1.54, 1.807) is 12.4 Å². The third kappa shape index (κ3) is 4.31. The number of aromatic amines is 1. The predicted octanol–water partition coefficient (Wildman–Crippen LogP) is 1.83. The maximum Gasteiger partial charge on any atom is 0.225 e. The smallest absolute Gasteiger partial charge is 0.225 e. The van der Waals surface area contributed by atoms with Crippen molar-refractivity contribution in [1.29, 1.82) is 0 Å².